The van der Waals surface area contributed by atoms with Gasteiger partial charge in [-0.25, -0.2) is 4.98 Å². The monoisotopic (exact) mass is 603 g/mol. The van der Waals surface area contributed by atoms with Crippen LogP contribution in [0.2, 0.25) is 0 Å². The van der Waals surface area contributed by atoms with E-state index in [-0.39, 0.29) is 30.7 Å². The summed E-state index contributed by atoms with van der Waals surface area (Å²) < 4.78 is 13.5. The van der Waals surface area contributed by atoms with Gasteiger partial charge in [-0.15, -0.1) is 24.8 Å². The van der Waals surface area contributed by atoms with E-state index in [0.717, 1.165) is 80.7 Å². The molecule has 2 aromatic carbocycles. The van der Waals surface area contributed by atoms with Crippen molar-refractivity contribution in [3.05, 3.63) is 64.7 Å². The molecule has 8 nitrogen and oxygen atoms in total. The van der Waals surface area contributed by atoms with Crippen molar-refractivity contribution in [3.8, 4) is 17.2 Å². The molecule has 1 aromatic heterocycles. The largest absolute Gasteiger partial charge is 0.486 e. The molecule has 0 radical (unpaired) electrons. The summed E-state index contributed by atoms with van der Waals surface area (Å²) >= 11 is 0. The number of carbonyl (C=O) groups is 1. The van der Waals surface area contributed by atoms with Gasteiger partial charge in [0.05, 0.1) is 11.4 Å². The number of hydrogen-bond acceptors (Lipinski definition) is 6. The zero-order valence-electron chi connectivity index (χ0n) is 24.6. The minimum Gasteiger partial charge on any atom is -0.486 e. The van der Waals surface area contributed by atoms with Crippen molar-refractivity contribution in [2.24, 2.45) is 0 Å². The van der Waals surface area contributed by atoms with Gasteiger partial charge in [-0.2, -0.15) is 0 Å². The average Bonchev–Trinajstić information content (AvgIpc) is 3.28. The number of nitrogens with zero attached hydrogens (tertiary/aromatic N) is 4. The third kappa shape index (κ3) is 7.29. The number of imidazole rings is 1. The maximum absolute atomic E-state index is 13.2. The van der Waals surface area contributed by atoms with Crippen LogP contribution >= 0.6 is 24.8 Å². The number of hydrogen-bond donors (Lipinski definition) is 1. The zero-order chi connectivity index (χ0) is 27.4. The number of rotatable bonds is 9. The summed E-state index contributed by atoms with van der Waals surface area (Å²) in [6.45, 7) is 15.4. The first-order chi connectivity index (χ1) is 19.0. The summed E-state index contributed by atoms with van der Waals surface area (Å²) in [7, 11) is 0. The number of piperazine rings is 1. The molecule has 1 amide bonds. The predicted octanol–water partition coefficient (Wildman–Crippen LogP) is 5.31. The van der Waals surface area contributed by atoms with Crippen molar-refractivity contribution in [3.63, 3.8) is 0 Å². The van der Waals surface area contributed by atoms with E-state index in [4.69, 9.17) is 14.5 Å². The molecule has 0 unspecified atom stereocenters. The minimum absolute atomic E-state index is 0. The van der Waals surface area contributed by atoms with Gasteiger partial charge in [-0.1, -0.05) is 19.1 Å². The standard InChI is InChI=1S/C31H41N5O3.2ClH/c1-5-8-29-33-30(24(4)36(29)25-11-12-27-28(21-25)39-20-19-38-27)31(37)32-13-7-14-34-15-17-35(18-16-34)26-10-6-9-22(2)23(26)3;;/h6,9-12,21H,5,7-8,13-20H2,1-4H3,(H,32,37);2*1H. The van der Waals surface area contributed by atoms with Gasteiger partial charge in [0, 0.05) is 50.9 Å². The van der Waals surface area contributed by atoms with Gasteiger partial charge in [-0.3, -0.25) is 9.69 Å². The first-order valence-electron chi connectivity index (χ1n) is 14.3. The normalized spacial score (nSPS) is 14.7. The van der Waals surface area contributed by atoms with Crippen molar-refractivity contribution in [1.29, 1.82) is 0 Å². The number of ether oxygens (including phenoxy) is 2. The van der Waals surface area contributed by atoms with Gasteiger partial charge in [0.2, 0.25) is 0 Å². The van der Waals surface area contributed by atoms with Gasteiger partial charge in [0.1, 0.15) is 24.7 Å². The summed E-state index contributed by atoms with van der Waals surface area (Å²) in [5.41, 5.74) is 6.36. The molecular formula is C31H43Cl2N5O3. The molecule has 0 atom stereocenters. The van der Waals surface area contributed by atoms with Gasteiger partial charge in [-0.05, 0) is 69.5 Å². The van der Waals surface area contributed by atoms with E-state index in [1.165, 1.54) is 16.8 Å². The van der Waals surface area contributed by atoms with Crippen LogP contribution in [0.5, 0.6) is 11.5 Å². The van der Waals surface area contributed by atoms with Crippen molar-refractivity contribution in [1.82, 2.24) is 19.8 Å². The lowest BCUT2D eigenvalue weighted by atomic mass is 10.1. The predicted molar refractivity (Wildman–Crippen MR) is 169 cm³/mol. The Balaban J connectivity index is 0.00000231. The Labute approximate surface area is 256 Å². The lowest BCUT2D eigenvalue weighted by Gasteiger charge is -2.37. The van der Waals surface area contributed by atoms with Crippen molar-refractivity contribution in [2.45, 2.75) is 47.0 Å². The van der Waals surface area contributed by atoms with E-state index >= 15 is 0 Å². The second-order valence-electron chi connectivity index (χ2n) is 10.5. The van der Waals surface area contributed by atoms with Crippen LogP contribution in [0, 0.1) is 20.8 Å². The van der Waals surface area contributed by atoms with E-state index in [2.05, 4.69) is 58.7 Å². The molecular weight excluding hydrogens is 561 g/mol. The Morgan fingerprint density at radius 3 is 2.44 bits per heavy atom. The number of aromatic nitrogens is 2. The van der Waals surface area contributed by atoms with Crippen molar-refractivity contribution < 1.29 is 14.3 Å². The van der Waals surface area contributed by atoms with Crippen LogP contribution in [0.1, 0.15) is 52.9 Å². The molecule has 1 fully saturated rings. The first kappa shape index (κ1) is 32.6. The van der Waals surface area contributed by atoms with Crippen LogP contribution in [0.25, 0.3) is 5.69 Å². The lowest BCUT2D eigenvalue weighted by Crippen LogP contribution is -2.47. The van der Waals surface area contributed by atoms with Crippen molar-refractivity contribution in [2.75, 3.05) is 57.4 Å². The van der Waals surface area contributed by atoms with E-state index in [1.807, 2.05) is 25.1 Å². The summed E-state index contributed by atoms with van der Waals surface area (Å²) in [6.07, 6.45) is 2.65. The number of benzene rings is 2. The highest BCUT2D eigenvalue weighted by atomic mass is 35.5. The number of nitrogens with one attached hydrogen (secondary N) is 1. The van der Waals surface area contributed by atoms with Crippen LogP contribution in [0.4, 0.5) is 5.69 Å². The number of aryl methyl sites for hydroxylation is 2. The van der Waals surface area contributed by atoms with E-state index in [1.54, 1.807) is 0 Å². The fraction of sp³-hybridized carbons (Fsp3) is 0.484. The highest BCUT2D eigenvalue weighted by Gasteiger charge is 2.22. The molecule has 2 aliphatic heterocycles. The molecule has 0 aliphatic carbocycles. The van der Waals surface area contributed by atoms with Gasteiger partial charge in [0.15, 0.2) is 11.5 Å². The molecule has 41 heavy (non-hydrogen) atoms. The molecule has 0 spiro atoms. The number of amides is 1. The van der Waals surface area contributed by atoms with Gasteiger partial charge >= 0.3 is 0 Å². The Morgan fingerprint density at radius 2 is 1.71 bits per heavy atom. The second-order valence-corrected chi connectivity index (χ2v) is 10.5. The third-order valence-electron chi connectivity index (χ3n) is 7.88. The van der Waals surface area contributed by atoms with E-state index in [0.29, 0.717) is 25.5 Å². The second kappa shape index (κ2) is 14.8. The molecule has 1 saturated heterocycles. The molecule has 2 aliphatic rings. The first-order valence-corrected chi connectivity index (χ1v) is 14.3. The Bertz CT molecular complexity index is 1320. The summed E-state index contributed by atoms with van der Waals surface area (Å²) in [5, 5.41) is 3.12. The molecule has 10 heteroatoms. The SMILES string of the molecule is CCCc1nc(C(=O)NCCCN2CCN(c3cccc(C)c3C)CC2)c(C)n1-c1ccc2c(c1)OCCO2.Cl.Cl. The van der Waals surface area contributed by atoms with Crippen LogP contribution < -0.4 is 19.7 Å². The molecule has 0 saturated carbocycles. The minimum atomic E-state index is -0.110. The number of carbonyl (C=O) groups excluding carboxylic acids is 1. The number of fused-ring (bicyclic) bond motifs is 1. The van der Waals surface area contributed by atoms with Gasteiger partial charge in [0.25, 0.3) is 5.91 Å². The zero-order valence-corrected chi connectivity index (χ0v) is 26.2. The van der Waals surface area contributed by atoms with E-state index < -0.39 is 0 Å². The average molecular weight is 605 g/mol. The topological polar surface area (TPSA) is 71.9 Å². The molecule has 3 aromatic rings. The maximum atomic E-state index is 13.2. The Morgan fingerprint density at radius 1 is 0.976 bits per heavy atom. The summed E-state index contributed by atoms with van der Waals surface area (Å²) in [4.78, 5) is 22.9. The fourth-order valence-corrected chi connectivity index (χ4v) is 5.56. The smallest absolute Gasteiger partial charge is 0.271 e. The molecule has 5 rings (SSSR count). The molecule has 224 valence electrons. The van der Waals surface area contributed by atoms with Crippen LogP contribution in [-0.4, -0.2) is 72.8 Å². The maximum Gasteiger partial charge on any atom is 0.271 e. The molecule has 3 heterocycles. The van der Waals surface area contributed by atoms with Crippen LogP contribution in [0.3, 0.4) is 0 Å². The van der Waals surface area contributed by atoms with E-state index in [9.17, 15) is 4.79 Å². The summed E-state index contributed by atoms with van der Waals surface area (Å²) in [6, 6.07) is 12.5. The highest BCUT2D eigenvalue weighted by Crippen LogP contribution is 2.33. The van der Waals surface area contributed by atoms with Crippen molar-refractivity contribution >= 4 is 36.4 Å². The number of halogens is 2. The molecule has 0 bridgehead atoms. The quantitative estimate of drug-likeness (QED) is 0.334. The number of anilines is 1. The van der Waals surface area contributed by atoms with Crippen LogP contribution in [-0.2, 0) is 6.42 Å². The van der Waals surface area contributed by atoms with Gasteiger partial charge < -0.3 is 24.3 Å². The Hall–Kier alpha value is -2.94. The molecule has 1 N–H and O–H groups in total. The Kier molecular flexibility index (Phi) is 11.8. The summed E-state index contributed by atoms with van der Waals surface area (Å²) in [5.74, 6) is 2.26. The highest BCUT2D eigenvalue weighted by molar-refractivity contribution is 5.93. The lowest BCUT2D eigenvalue weighted by molar-refractivity contribution is 0.0946. The third-order valence-corrected chi connectivity index (χ3v) is 7.88. The van der Waals surface area contributed by atoms with Crippen LogP contribution in [0.15, 0.2) is 36.4 Å². The fourth-order valence-electron chi connectivity index (χ4n) is 5.56.